The fraction of sp³-hybridized carbons (Fsp3) is 0.462. The second kappa shape index (κ2) is 5.71. The molecule has 98 valence electrons. The van der Waals surface area contributed by atoms with Gasteiger partial charge in [0.15, 0.2) is 0 Å². The van der Waals surface area contributed by atoms with Gasteiger partial charge in [-0.15, -0.1) is 0 Å². The van der Waals surface area contributed by atoms with Crippen LogP contribution in [0.15, 0.2) is 16.6 Å². The van der Waals surface area contributed by atoms with Gasteiger partial charge in [-0.25, -0.2) is 0 Å². The first kappa shape index (κ1) is 13.4. The number of nitrogens with two attached hydrogens (primary N) is 1. The average molecular weight is 313 g/mol. The van der Waals surface area contributed by atoms with Crippen LogP contribution in [-0.2, 0) is 9.53 Å². The molecular formula is C13H17BrN2O2. The highest BCUT2D eigenvalue weighted by molar-refractivity contribution is 9.10. The van der Waals surface area contributed by atoms with Gasteiger partial charge >= 0.3 is 0 Å². The molecule has 0 spiro atoms. The molecule has 0 saturated carbocycles. The van der Waals surface area contributed by atoms with Gasteiger partial charge in [0.2, 0.25) is 5.91 Å². The second-order valence-corrected chi connectivity index (χ2v) is 5.50. The summed E-state index contributed by atoms with van der Waals surface area (Å²) in [5.41, 5.74) is 8.19. The van der Waals surface area contributed by atoms with Crippen LogP contribution in [0.25, 0.3) is 0 Å². The Hall–Kier alpha value is -1.07. The number of halogens is 1. The third-order valence-electron chi connectivity index (χ3n) is 3.14. The number of anilines is 2. The molecule has 1 fully saturated rings. The van der Waals surface area contributed by atoms with Crippen molar-refractivity contribution in [3.05, 3.63) is 22.2 Å². The third-order valence-corrected chi connectivity index (χ3v) is 3.60. The highest BCUT2D eigenvalue weighted by Crippen LogP contribution is 2.28. The predicted octanol–water partition coefficient (Wildman–Crippen LogP) is 2.70. The van der Waals surface area contributed by atoms with Crippen LogP contribution in [0, 0.1) is 12.8 Å². The van der Waals surface area contributed by atoms with Gasteiger partial charge in [-0.05, 0) is 37.5 Å². The lowest BCUT2D eigenvalue weighted by atomic mass is 10.0. The van der Waals surface area contributed by atoms with Crippen LogP contribution >= 0.6 is 15.9 Å². The molecule has 1 unspecified atom stereocenters. The summed E-state index contributed by atoms with van der Waals surface area (Å²) < 4.78 is 6.22. The standard InChI is InChI=1S/C13H17BrN2O2/c1-8-5-10(14)6-11(12(8)15)16-13(17)9-3-2-4-18-7-9/h5-6,9H,2-4,7,15H2,1H3,(H,16,17). The van der Waals surface area contributed by atoms with E-state index in [4.69, 9.17) is 10.5 Å². The molecule has 0 aliphatic carbocycles. The average Bonchev–Trinajstić information content (AvgIpc) is 2.36. The Morgan fingerprint density at radius 2 is 2.33 bits per heavy atom. The molecule has 0 bridgehead atoms. The smallest absolute Gasteiger partial charge is 0.229 e. The summed E-state index contributed by atoms with van der Waals surface area (Å²) in [5.74, 6) is -0.0867. The number of hydrogen-bond donors (Lipinski definition) is 2. The number of carbonyl (C=O) groups excluding carboxylic acids is 1. The van der Waals surface area contributed by atoms with Gasteiger partial charge in [0.1, 0.15) is 0 Å². The first-order valence-electron chi connectivity index (χ1n) is 6.02. The van der Waals surface area contributed by atoms with Crippen molar-refractivity contribution in [2.75, 3.05) is 24.3 Å². The van der Waals surface area contributed by atoms with Crippen LogP contribution in [0.2, 0.25) is 0 Å². The zero-order valence-electron chi connectivity index (χ0n) is 10.3. The van der Waals surface area contributed by atoms with Gasteiger partial charge in [-0.3, -0.25) is 4.79 Å². The van der Waals surface area contributed by atoms with Crippen molar-refractivity contribution < 1.29 is 9.53 Å². The van der Waals surface area contributed by atoms with Crippen LogP contribution in [0.3, 0.4) is 0 Å². The summed E-state index contributed by atoms with van der Waals surface area (Å²) in [5, 5.41) is 2.89. The largest absolute Gasteiger partial charge is 0.397 e. The van der Waals surface area contributed by atoms with E-state index in [1.807, 2.05) is 19.1 Å². The summed E-state index contributed by atoms with van der Waals surface area (Å²) in [7, 11) is 0. The van der Waals surface area contributed by atoms with E-state index in [0.29, 0.717) is 18.0 Å². The molecule has 1 amide bonds. The summed E-state index contributed by atoms with van der Waals surface area (Å²) in [6.45, 7) is 3.17. The van der Waals surface area contributed by atoms with Crippen molar-refractivity contribution in [2.45, 2.75) is 19.8 Å². The van der Waals surface area contributed by atoms with Crippen LogP contribution in [0.1, 0.15) is 18.4 Å². The lowest BCUT2D eigenvalue weighted by Gasteiger charge is -2.22. The molecular weight excluding hydrogens is 296 g/mol. The minimum absolute atomic E-state index is 0.0149. The Morgan fingerprint density at radius 1 is 1.56 bits per heavy atom. The maximum absolute atomic E-state index is 12.1. The Labute approximate surface area is 115 Å². The molecule has 1 aromatic rings. The van der Waals surface area contributed by atoms with Gasteiger partial charge in [0, 0.05) is 11.1 Å². The van der Waals surface area contributed by atoms with Gasteiger partial charge < -0.3 is 15.8 Å². The van der Waals surface area contributed by atoms with Gasteiger partial charge in [-0.1, -0.05) is 15.9 Å². The highest BCUT2D eigenvalue weighted by Gasteiger charge is 2.22. The van der Waals surface area contributed by atoms with E-state index in [0.717, 1.165) is 29.5 Å². The van der Waals surface area contributed by atoms with E-state index in [1.165, 1.54) is 0 Å². The predicted molar refractivity (Wildman–Crippen MR) is 75.5 cm³/mol. The molecule has 1 atom stereocenters. The number of hydrogen-bond acceptors (Lipinski definition) is 3. The Kier molecular flexibility index (Phi) is 4.24. The Bertz CT molecular complexity index is 457. The van der Waals surface area contributed by atoms with Gasteiger partial charge in [-0.2, -0.15) is 0 Å². The van der Waals surface area contributed by atoms with E-state index >= 15 is 0 Å². The summed E-state index contributed by atoms with van der Waals surface area (Å²) >= 11 is 3.40. The minimum atomic E-state index is -0.0718. The van der Waals surface area contributed by atoms with Crippen LogP contribution in [0.5, 0.6) is 0 Å². The summed E-state index contributed by atoms with van der Waals surface area (Å²) in [6.07, 6.45) is 1.81. The maximum atomic E-state index is 12.1. The molecule has 0 aromatic heterocycles. The zero-order chi connectivity index (χ0) is 13.1. The molecule has 1 saturated heterocycles. The molecule has 0 radical (unpaired) electrons. The SMILES string of the molecule is Cc1cc(Br)cc(NC(=O)C2CCCOC2)c1N. The molecule has 1 aliphatic rings. The monoisotopic (exact) mass is 312 g/mol. The molecule has 4 nitrogen and oxygen atoms in total. The fourth-order valence-corrected chi connectivity index (χ4v) is 2.61. The number of ether oxygens (including phenoxy) is 1. The van der Waals surface area contributed by atoms with Gasteiger partial charge in [0.05, 0.1) is 23.9 Å². The molecule has 1 heterocycles. The van der Waals surface area contributed by atoms with Crippen LogP contribution in [0.4, 0.5) is 11.4 Å². The van der Waals surface area contributed by atoms with Crippen molar-refractivity contribution >= 4 is 33.2 Å². The maximum Gasteiger partial charge on any atom is 0.229 e. The molecule has 18 heavy (non-hydrogen) atoms. The number of rotatable bonds is 2. The third kappa shape index (κ3) is 3.03. The number of nitrogen functional groups attached to an aromatic ring is 1. The number of carbonyl (C=O) groups is 1. The van der Waals surface area contributed by atoms with E-state index < -0.39 is 0 Å². The molecule has 2 rings (SSSR count). The lowest BCUT2D eigenvalue weighted by Crippen LogP contribution is -2.30. The molecule has 5 heteroatoms. The first-order chi connectivity index (χ1) is 8.58. The van der Waals surface area contributed by atoms with Crippen molar-refractivity contribution in [3.63, 3.8) is 0 Å². The number of nitrogens with one attached hydrogen (secondary N) is 1. The van der Waals surface area contributed by atoms with Crippen molar-refractivity contribution in [1.82, 2.24) is 0 Å². The van der Waals surface area contributed by atoms with Crippen molar-refractivity contribution in [2.24, 2.45) is 5.92 Å². The quantitative estimate of drug-likeness (QED) is 0.825. The normalized spacial score (nSPS) is 19.6. The van der Waals surface area contributed by atoms with E-state index in [1.54, 1.807) is 0 Å². The van der Waals surface area contributed by atoms with E-state index in [-0.39, 0.29) is 11.8 Å². The van der Waals surface area contributed by atoms with E-state index in [2.05, 4.69) is 21.2 Å². The van der Waals surface area contributed by atoms with Crippen LogP contribution in [-0.4, -0.2) is 19.1 Å². The summed E-state index contributed by atoms with van der Waals surface area (Å²) in [4.78, 5) is 12.1. The number of aryl methyl sites for hydroxylation is 1. The van der Waals surface area contributed by atoms with Crippen molar-refractivity contribution in [3.8, 4) is 0 Å². The second-order valence-electron chi connectivity index (χ2n) is 4.59. The molecule has 1 aliphatic heterocycles. The number of amides is 1. The minimum Gasteiger partial charge on any atom is -0.397 e. The topological polar surface area (TPSA) is 64.3 Å². The number of benzene rings is 1. The first-order valence-corrected chi connectivity index (χ1v) is 6.81. The summed E-state index contributed by atoms with van der Waals surface area (Å²) in [6, 6.07) is 3.75. The van der Waals surface area contributed by atoms with Crippen molar-refractivity contribution in [1.29, 1.82) is 0 Å². The lowest BCUT2D eigenvalue weighted by molar-refractivity contribution is -0.123. The zero-order valence-corrected chi connectivity index (χ0v) is 11.9. The van der Waals surface area contributed by atoms with Gasteiger partial charge in [0.25, 0.3) is 0 Å². The Balaban J connectivity index is 2.11. The molecule has 3 N–H and O–H groups in total. The van der Waals surface area contributed by atoms with Crippen LogP contribution < -0.4 is 11.1 Å². The fourth-order valence-electron chi connectivity index (χ4n) is 2.04. The Morgan fingerprint density at radius 3 is 3.00 bits per heavy atom. The highest BCUT2D eigenvalue weighted by atomic mass is 79.9. The van der Waals surface area contributed by atoms with E-state index in [9.17, 15) is 4.79 Å². The molecule has 1 aromatic carbocycles.